The number of benzene rings is 2. The molecule has 1 N–H and O–H groups in total. The van der Waals surface area contributed by atoms with Gasteiger partial charge >= 0.3 is 8.60 Å². The van der Waals surface area contributed by atoms with Crippen molar-refractivity contribution in [2.24, 2.45) is 0 Å². The largest absolute Gasteiger partial charge is 0.330 e. The van der Waals surface area contributed by atoms with E-state index in [0.29, 0.717) is 13.2 Å². The minimum Gasteiger partial charge on any atom is -0.328 e. The summed E-state index contributed by atoms with van der Waals surface area (Å²) in [7, 11) is -1.83. The van der Waals surface area contributed by atoms with E-state index in [1.807, 2.05) is 60.7 Å². The van der Waals surface area contributed by atoms with E-state index in [4.69, 9.17) is 9.05 Å². The first-order chi connectivity index (χ1) is 8.84. The van der Waals surface area contributed by atoms with Gasteiger partial charge < -0.3 is 13.9 Å². The molecule has 94 valence electrons. The van der Waals surface area contributed by atoms with Crippen LogP contribution in [0.1, 0.15) is 11.1 Å². The van der Waals surface area contributed by atoms with Crippen molar-refractivity contribution in [3.05, 3.63) is 71.8 Å². The van der Waals surface area contributed by atoms with Crippen molar-refractivity contribution in [1.29, 1.82) is 0 Å². The molecule has 0 heterocycles. The Morgan fingerprint density at radius 2 is 1.11 bits per heavy atom. The molecule has 0 spiro atoms. The average molecular weight is 262 g/mol. The van der Waals surface area contributed by atoms with Gasteiger partial charge in [0.2, 0.25) is 0 Å². The highest BCUT2D eigenvalue weighted by Gasteiger charge is 2.07. The Morgan fingerprint density at radius 3 is 1.50 bits per heavy atom. The molecule has 0 radical (unpaired) electrons. The van der Waals surface area contributed by atoms with Gasteiger partial charge in [0.15, 0.2) is 0 Å². The van der Waals surface area contributed by atoms with E-state index in [-0.39, 0.29) is 0 Å². The Kier molecular flexibility index (Phi) is 5.31. The summed E-state index contributed by atoms with van der Waals surface area (Å²) in [6, 6.07) is 19.4. The fourth-order valence-electron chi connectivity index (χ4n) is 1.45. The van der Waals surface area contributed by atoms with Crippen LogP contribution in [-0.4, -0.2) is 4.89 Å². The summed E-state index contributed by atoms with van der Waals surface area (Å²) in [4.78, 5) is 9.59. The molecule has 0 aromatic heterocycles. The van der Waals surface area contributed by atoms with Crippen LogP contribution in [0.2, 0.25) is 0 Å². The van der Waals surface area contributed by atoms with E-state index in [1.165, 1.54) is 0 Å². The molecule has 0 aliphatic heterocycles. The molecular formula is C14H15O3P. The molecule has 2 aromatic rings. The zero-order valence-corrected chi connectivity index (χ0v) is 10.8. The van der Waals surface area contributed by atoms with Crippen molar-refractivity contribution in [3.8, 4) is 0 Å². The Morgan fingerprint density at radius 1 is 0.722 bits per heavy atom. The van der Waals surface area contributed by atoms with Gasteiger partial charge in [-0.15, -0.1) is 0 Å². The van der Waals surface area contributed by atoms with Crippen LogP contribution in [0.25, 0.3) is 0 Å². The molecule has 0 saturated heterocycles. The van der Waals surface area contributed by atoms with Crippen LogP contribution in [0, 0.1) is 0 Å². The molecule has 0 atom stereocenters. The molecule has 0 amide bonds. The van der Waals surface area contributed by atoms with E-state index in [0.717, 1.165) is 11.1 Å². The van der Waals surface area contributed by atoms with Gasteiger partial charge in [-0.3, -0.25) is 0 Å². The highest BCUT2D eigenvalue weighted by Crippen LogP contribution is 2.35. The highest BCUT2D eigenvalue weighted by molar-refractivity contribution is 7.40. The maximum Gasteiger partial charge on any atom is 0.330 e. The van der Waals surface area contributed by atoms with Gasteiger partial charge in [-0.2, -0.15) is 0 Å². The van der Waals surface area contributed by atoms with E-state index >= 15 is 0 Å². The van der Waals surface area contributed by atoms with Crippen LogP contribution in [0.4, 0.5) is 0 Å². The lowest BCUT2D eigenvalue weighted by Gasteiger charge is -2.10. The molecule has 0 unspecified atom stereocenters. The fraction of sp³-hybridized carbons (Fsp3) is 0.143. The van der Waals surface area contributed by atoms with Crippen LogP contribution in [0.5, 0.6) is 0 Å². The van der Waals surface area contributed by atoms with E-state index in [1.54, 1.807) is 0 Å². The third kappa shape index (κ3) is 4.55. The molecule has 3 nitrogen and oxygen atoms in total. The van der Waals surface area contributed by atoms with Gasteiger partial charge in [-0.25, -0.2) is 0 Å². The summed E-state index contributed by atoms with van der Waals surface area (Å²) < 4.78 is 10.5. The molecule has 0 saturated carbocycles. The quantitative estimate of drug-likeness (QED) is 0.808. The maximum atomic E-state index is 9.59. The second-order valence-electron chi connectivity index (χ2n) is 3.76. The Hall–Kier alpha value is -1.25. The minimum atomic E-state index is -1.83. The van der Waals surface area contributed by atoms with Gasteiger partial charge in [0.05, 0.1) is 13.2 Å². The van der Waals surface area contributed by atoms with Crippen molar-refractivity contribution in [2.45, 2.75) is 13.2 Å². The van der Waals surface area contributed by atoms with Crippen LogP contribution < -0.4 is 0 Å². The lowest BCUT2D eigenvalue weighted by molar-refractivity contribution is 0.187. The second-order valence-corrected chi connectivity index (χ2v) is 4.75. The number of hydrogen-bond donors (Lipinski definition) is 1. The van der Waals surface area contributed by atoms with Gasteiger partial charge in [0.1, 0.15) is 0 Å². The normalized spacial score (nSPS) is 10.8. The maximum absolute atomic E-state index is 9.59. The zero-order chi connectivity index (χ0) is 12.6. The number of rotatable bonds is 6. The molecule has 0 aliphatic rings. The van der Waals surface area contributed by atoms with Crippen molar-refractivity contribution < 1.29 is 13.9 Å². The van der Waals surface area contributed by atoms with E-state index < -0.39 is 8.60 Å². The van der Waals surface area contributed by atoms with Crippen LogP contribution in [0.15, 0.2) is 60.7 Å². The van der Waals surface area contributed by atoms with Crippen molar-refractivity contribution in [3.63, 3.8) is 0 Å². The van der Waals surface area contributed by atoms with Gasteiger partial charge in [-0.1, -0.05) is 60.7 Å². The predicted octanol–water partition coefficient (Wildman–Crippen LogP) is 3.64. The standard InChI is InChI=1S/C14H15O3P/c15-18(16-11-13-7-3-1-4-8-13)17-12-14-9-5-2-6-10-14/h1-10,15H,11-12H2. The summed E-state index contributed by atoms with van der Waals surface area (Å²) in [5.41, 5.74) is 2.03. The molecule has 0 aliphatic carbocycles. The van der Waals surface area contributed by atoms with Crippen molar-refractivity contribution in [1.82, 2.24) is 0 Å². The Balaban J connectivity index is 1.71. The summed E-state index contributed by atoms with van der Waals surface area (Å²) in [5.74, 6) is 0. The lowest BCUT2D eigenvalue weighted by Crippen LogP contribution is -1.92. The monoisotopic (exact) mass is 262 g/mol. The average Bonchev–Trinajstić information content (AvgIpc) is 2.45. The summed E-state index contributed by atoms with van der Waals surface area (Å²) >= 11 is 0. The molecule has 2 aromatic carbocycles. The van der Waals surface area contributed by atoms with Crippen LogP contribution in [-0.2, 0) is 22.3 Å². The molecule has 4 heteroatoms. The van der Waals surface area contributed by atoms with Crippen LogP contribution in [0.3, 0.4) is 0 Å². The summed E-state index contributed by atoms with van der Waals surface area (Å²) in [5, 5.41) is 0. The highest BCUT2D eigenvalue weighted by atomic mass is 31.2. The first kappa shape index (κ1) is 13.2. The SMILES string of the molecule is OP(OCc1ccccc1)OCc1ccccc1. The van der Waals surface area contributed by atoms with Crippen LogP contribution >= 0.6 is 8.60 Å². The van der Waals surface area contributed by atoms with Gasteiger partial charge in [0.25, 0.3) is 0 Å². The Labute approximate surface area is 108 Å². The zero-order valence-electron chi connectivity index (χ0n) is 9.90. The summed E-state index contributed by atoms with van der Waals surface area (Å²) in [6.07, 6.45) is 0. The molecule has 2 rings (SSSR count). The first-order valence-electron chi connectivity index (χ1n) is 5.67. The second kappa shape index (κ2) is 7.24. The molecule has 0 bridgehead atoms. The lowest BCUT2D eigenvalue weighted by atomic mass is 10.2. The van der Waals surface area contributed by atoms with Gasteiger partial charge in [-0.05, 0) is 11.1 Å². The minimum absolute atomic E-state index is 0.359. The number of hydrogen-bond acceptors (Lipinski definition) is 3. The van der Waals surface area contributed by atoms with E-state index in [2.05, 4.69) is 0 Å². The molecule has 18 heavy (non-hydrogen) atoms. The molecule has 0 fully saturated rings. The topological polar surface area (TPSA) is 38.7 Å². The predicted molar refractivity (Wildman–Crippen MR) is 71.6 cm³/mol. The first-order valence-corrected chi connectivity index (χ1v) is 6.80. The molecular weight excluding hydrogens is 247 g/mol. The van der Waals surface area contributed by atoms with Gasteiger partial charge in [0, 0.05) is 0 Å². The smallest absolute Gasteiger partial charge is 0.328 e. The van der Waals surface area contributed by atoms with E-state index in [9.17, 15) is 4.89 Å². The third-order valence-electron chi connectivity index (χ3n) is 2.37. The van der Waals surface area contributed by atoms with Crippen molar-refractivity contribution in [2.75, 3.05) is 0 Å². The fourth-order valence-corrected chi connectivity index (χ4v) is 2.04. The van der Waals surface area contributed by atoms with Crippen molar-refractivity contribution >= 4 is 8.60 Å². The Bertz CT molecular complexity index is 404. The third-order valence-corrected chi connectivity index (χ3v) is 3.07. The summed E-state index contributed by atoms with van der Waals surface area (Å²) in [6.45, 7) is 0.718.